The smallest absolute Gasteiger partial charge is 0.342 e. The second-order valence-corrected chi connectivity index (χ2v) is 10.7. The number of ether oxygens (including phenoxy) is 1. The second kappa shape index (κ2) is 17.4. The fraction of sp³-hybridized carbons (Fsp3) is 0.923. The van der Waals surface area contributed by atoms with E-state index in [4.69, 9.17) is 17.7 Å². The molecule has 0 bridgehead atoms. The van der Waals surface area contributed by atoms with Gasteiger partial charge in [0.1, 0.15) is 12.2 Å². The summed E-state index contributed by atoms with van der Waals surface area (Å²) in [7, 11) is 0. The lowest BCUT2D eigenvalue weighted by atomic mass is 9.71. The summed E-state index contributed by atoms with van der Waals surface area (Å²) in [5.41, 5.74) is -6.74. The molecule has 2 amide bonds. The molecule has 0 aliphatic carbocycles. The van der Waals surface area contributed by atoms with Gasteiger partial charge in [-0.1, -0.05) is 84.0 Å². The fourth-order valence-corrected chi connectivity index (χ4v) is 4.98. The van der Waals surface area contributed by atoms with Gasteiger partial charge in [0.2, 0.25) is 17.1 Å². The Morgan fingerprint density at radius 3 is 2.00 bits per heavy atom. The Balaban J connectivity index is 2.84. The van der Waals surface area contributed by atoms with E-state index >= 15 is 0 Å². The topological polar surface area (TPSA) is 189 Å². The van der Waals surface area contributed by atoms with Crippen molar-refractivity contribution in [2.45, 2.75) is 133 Å². The molecule has 2 unspecified atom stereocenters. The predicted octanol–water partition coefficient (Wildman–Crippen LogP) is 2.85. The molecule has 6 N–H and O–H groups in total. The third-order valence-electron chi connectivity index (χ3n) is 7.25. The molecule has 0 aromatic carbocycles. The lowest BCUT2D eigenvalue weighted by Crippen LogP contribution is -2.86. The number of amides is 2. The highest BCUT2D eigenvalue weighted by Gasteiger charge is 2.73. The number of nitrogens with one attached hydrogen (secondary N) is 1. The molecule has 1 aliphatic heterocycles. The number of halogens is 1. The van der Waals surface area contributed by atoms with Crippen LogP contribution in [-0.4, -0.2) is 90.7 Å². The largest absolute Gasteiger partial charge is 0.394 e. The van der Waals surface area contributed by atoms with Crippen LogP contribution in [0.1, 0.15) is 105 Å². The lowest BCUT2D eigenvalue weighted by molar-refractivity contribution is -0.405. The molecule has 39 heavy (non-hydrogen) atoms. The van der Waals surface area contributed by atoms with Crippen LogP contribution in [-0.2, 0) is 9.53 Å². The van der Waals surface area contributed by atoms with Gasteiger partial charge in [0.05, 0.1) is 18.4 Å². The van der Waals surface area contributed by atoms with Gasteiger partial charge in [0, 0.05) is 13.7 Å². The zero-order valence-electron chi connectivity index (χ0n) is 24.2. The number of aliphatic hydroxyl groups excluding tert-OH is 2. The van der Waals surface area contributed by atoms with Crippen molar-refractivity contribution >= 4 is 23.4 Å². The Labute approximate surface area is 237 Å². The number of hydrogen-bond acceptors (Lipinski definition) is 10. The maximum atomic E-state index is 13.3. The van der Waals surface area contributed by atoms with E-state index in [-0.39, 0.29) is 10.9 Å². The quantitative estimate of drug-likeness (QED) is 0.0412. The third-order valence-corrected chi connectivity index (χ3v) is 7.42. The van der Waals surface area contributed by atoms with Crippen molar-refractivity contribution in [2.24, 2.45) is 5.29 Å². The molecule has 1 fully saturated rings. The van der Waals surface area contributed by atoms with Crippen LogP contribution in [0.25, 0.3) is 0 Å². The van der Waals surface area contributed by atoms with Crippen molar-refractivity contribution in [1.29, 1.82) is 0 Å². The van der Waals surface area contributed by atoms with Crippen LogP contribution in [0.2, 0.25) is 0 Å². The molecular formula is C26H48ClN3O9. The Kier molecular flexibility index (Phi) is 15.1. The van der Waals surface area contributed by atoms with E-state index in [1.165, 1.54) is 38.5 Å². The number of hydrogen-bond donors (Lipinski definition) is 6. The SMILES string of the molecule is [2H]C(CCCCCCCCCCCCC)CC(=O)[C@]1(O)[C@H](O)[C@@H](CO)OC(C)(O)[C@@]1(O)NC(=O)N(CCCl)N=O. The van der Waals surface area contributed by atoms with E-state index in [1.807, 2.05) is 0 Å². The van der Waals surface area contributed by atoms with E-state index < -0.39 is 67.1 Å². The van der Waals surface area contributed by atoms with Crippen LogP contribution in [0.4, 0.5) is 4.79 Å². The molecule has 0 spiro atoms. The minimum Gasteiger partial charge on any atom is -0.394 e. The molecule has 6 atom stereocenters. The van der Waals surface area contributed by atoms with Crippen molar-refractivity contribution in [3.63, 3.8) is 0 Å². The Morgan fingerprint density at radius 2 is 1.54 bits per heavy atom. The standard InChI is InChI=1S/C26H48ClN3O9/c1-3-4-5-6-7-8-9-10-11-12-13-14-15-16-21(32)25(36)22(33)20(19-31)39-24(2,35)26(25,37)28-23(34)30(29-38)18-17-27/h20,22,31,33,35-37H,3-19H2,1-2H3,(H,28,34)/t20-,22-,24?,25+,26+/m1/s1/i15D/t15?,20-,22-,24?,25+,26+. The zero-order chi connectivity index (χ0) is 30.4. The van der Waals surface area contributed by atoms with E-state index in [9.17, 15) is 40.0 Å². The second-order valence-electron chi connectivity index (χ2n) is 10.3. The summed E-state index contributed by atoms with van der Waals surface area (Å²) in [6.07, 6.45) is 6.81. The molecule has 1 aliphatic rings. The average Bonchev–Trinajstić information content (AvgIpc) is 2.91. The minimum absolute atomic E-state index is 0.232. The molecule has 13 heteroatoms. The molecular weight excluding hydrogens is 534 g/mol. The van der Waals surface area contributed by atoms with Gasteiger partial charge in [-0.15, -0.1) is 16.5 Å². The number of nitrogens with zero attached hydrogens (tertiary/aromatic N) is 2. The lowest BCUT2D eigenvalue weighted by Gasteiger charge is -2.56. The fourth-order valence-electron chi connectivity index (χ4n) is 4.82. The molecule has 0 saturated carbocycles. The molecule has 0 radical (unpaired) electrons. The summed E-state index contributed by atoms with van der Waals surface area (Å²) >= 11 is 5.53. The van der Waals surface area contributed by atoms with Gasteiger partial charge in [-0.2, -0.15) is 5.01 Å². The summed E-state index contributed by atoms with van der Waals surface area (Å²) in [5.74, 6) is -4.44. The van der Waals surface area contributed by atoms with Gasteiger partial charge in [-0.05, 0) is 13.3 Å². The first-order valence-corrected chi connectivity index (χ1v) is 14.5. The summed E-state index contributed by atoms with van der Waals surface area (Å²) < 4.78 is 13.4. The van der Waals surface area contributed by atoms with Gasteiger partial charge in [-0.3, -0.25) is 4.79 Å². The minimum atomic E-state index is -3.41. The third kappa shape index (κ3) is 9.31. The highest BCUT2D eigenvalue weighted by atomic mass is 35.5. The first-order chi connectivity index (χ1) is 18.9. The number of unbranched alkanes of at least 4 members (excludes halogenated alkanes) is 10. The first kappa shape index (κ1) is 33.8. The van der Waals surface area contributed by atoms with Crippen molar-refractivity contribution < 1.29 is 41.2 Å². The number of aliphatic hydroxyl groups is 5. The van der Waals surface area contributed by atoms with Gasteiger partial charge >= 0.3 is 6.03 Å². The molecule has 1 saturated heterocycles. The van der Waals surface area contributed by atoms with Crippen molar-refractivity contribution in [3.8, 4) is 0 Å². The molecule has 1 rings (SSSR count). The van der Waals surface area contributed by atoms with Crippen LogP contribution < -0.4 is 5.32 Å². The summed E-state index contributed by atoms with van der Waals surface area (Å²) in [5, 5.41) is 58.5. The first-order valence-electron chi connectivity index (χ1n) is 14.5. The molecule has 0 aromatic rings. The molecule has 228 valence electrons. The number of rotatable bonds is 20. The Morgan fingerprint density at radius 1 is 1.03 bits per heavy atom. The van der Waals surface area contributed by atoms with Crippen LogP contribution in [0.3, 0.4) is 0 Å². The predicted molar refractivity (Wildman–Crippen MR) is 146 cm³/mol. The zero-order valence-corrected chi connectivity index (χ0v) is 23.9. The number of carbonyl (C=O) groups excluding carboxylic acids is 2. The maximum absolute atomic E-state index is 13.3. The number of Topliss-reactive ketones (excluding diaryl/α,β-unsaturated/α-hetero) is 1. The van der Waals surface area contributed by atoms with E-state index in [2.05, 4.69) is 12.2 Å². The number of carbonyl (C=O) groups is 2. The van der Waals surface area contributed by atoms with Crippen molar-refractivity contribution in [2.75, 3.05) is 19.0 Å². The maximum Gasteiger partial charge on any atom is 0.342 e. The van der Waals surface area contributed by atoms with E-state index in [0.29, 0.717) is 12.8 Å². The van der Waals surface area contributed by atoms with Crippen LogP contribution in [0.15, 0.2) is 5.29 Å². The van der Waals surface area contributed by atoms with Crippen molar-refractivity contribution in [1.82, 2.24) is 10.3 Å². The Bertz CT molecular complexity index is 797. The number of alkyl halides is 1. The molecule has 1 heterocycles. The molecule has 0 aromatic heterocycles. The number of ketones is 1. The van der Waals surface area contributed by atoms with E-state index in [1.54, 1.807) is 5.32 Å². The Hall–Kier alpha value is -1.41. The monoisotopic (exact) mass is 582 g/mol. The van der Waals surface area contributed by atoms with Crippen molar-refractivity contribution in [3.05, 3.63) is 4.91 Å². The normalized spacial score (nSPS) is 29.9. The van der Waals surface area contributed by atoms with Gasteiger partial charge in [0.15, 0.2) is 5.78 Å². The number of urea groups is 1. The van der Waals surface area contributed by atoms with Crippen LogP contribution in [0.5, 0.6) is 0 Å². The summed E-state index contributed by atoms with van der Waals surface area (Å²) in [6.45, 7) is 1.60. The van der Waals surface area contributed by atoms with E-state index in [0.717, 1.165) is 32.6 Å². The van der Waals surface area contributed by atoms with Gasteiger partial charge in [0.25, 0.3) is 0 Å². The average molecular weight is 583 g/mol. The van der Waals surface area contributed by atoms with Gasteiger partial charge in [-0.25, -0.2) is 4.79 Å². The summed E-state index contributed by atoms with van der Waals surface area (Å²) in [6, 6.07) is -1.45. The highest BCUT2D eigenvalue weighted by molar-refractivity contribution is 6.18. The summed E-state index contributed by atoms with van der Waals surface area (Å²) in [4.78, 5) is 37.0. The van der Waals surface area contributed by atoms with Crippen LogP contribution in [0, 0.1) is 4.91 Å². The molecule has 12 nitrogen and oxygen atoms in total. The van der Waals surface area contributed by atoms with Gasteiger partial charge < -0.3 is 35.6 Å². The highest BCUT2D eigenvalue weighted by Crippen LogP contribution is 2.43. The van der Waals surface area contributed by atoms with Crippen LogP contribution >= 0.6 is 11.6 Å². The number of nitroso groups, excluding NO2 is 1.